The summed E-state index contributed by atoms with van der Waals surface area (Å²) in [7, 11) is 0. The minimum atomic E-state index is 0.379. The second-order valence-electron chi connectivity index (χ2n) is 2.75. The van der Waals surface area contributed by atoms with Gasteiger partial charge in [0.05, 0.1) is 5.02 Å². The molecule has 1 aromatic heterocycles. The molecule has 0 fully saturated rings. The van der Waals surface area contributed by atoms with Gasteiger partial charge in [-0.25, -0.2) is 4.98 Å². The van der Waals surface area contributed by atoms with Gasteiger partial charge in [-0.3, -0.25) is 0 Å². The summed E-state index contributed by atoms with van der Waals surface area (Å²) < 4.78 is 5.43. The van der Waals surface area contributed by atoms with Crippen LogP contribution in [0.3, 0.4) is 0 Å². The molecule has 0 aliphatic carbocycles. The van der Waals surface area contributed by atoms with Crippen molar-refractivity contribution < 1.29 is 4.74 Å². The average Bonchev–Trinajstić information content (AvgIpc) is 2.26. The predicted molar refractivity (Wildman–Crippen MR) is 59.6 cm³/mol. The van der Waals surface area contributed by atoms with Crippen LogP contribution in [0.25, 0.3) is 0 Å². The van der Waals surface area contributed by atoms with E-state index in [-0.39, 0.29) is 0 Å². The van der Waals surface area contributed by atoms with Crippen molar-refractivity contribution in [1.82, 2.24) is 4.98 Å². The number of aromatic nitrogens is 1. The molecule has 1 aromatic carbocycles. The van der Waals surface area contributed by atoms with Crippen molar-refractivity contribution in [3.05, 3.63) is 52.6 Å². The zero-order valence-corrected chi connectivity index (χ0v) is 9.09. The van der Waals surface area contributed by atoms with Crippen molar-refractivity contribution in [3.8, 4) is 11.6 Å². The Morgan fingerprint density at radius 2 is 2.13 bits per heavy atom. The number of ether oxygens (including phenoxy) is 1. The molecule has 4 heteroatoms. The summed E-state index contributed by atoms with van der Waals surface area (Å²) in [5.41, 5.74) is 0. The lowest BCUT2D eigenvalue weighted by molar-refractivity contribution is 0.463. The molecule has 15 heavy (non-hydrogen) atoms. The Balaban J connectivity index is 2.29. The van der Waals surface area contributed by atoms with E-state index in [1.54, 1.807) is 36.5 Å². The first kappa shape index (κ1) is 10.3. The summed E-state index contributed by atoms with van der Waals surface area (Å²) in [5.74, 6) is 0.915. The van der Waals surface area contributed by atoms with Crippen LogP contribution in [0.5, 0.6) is 11.6 Å². The molecule has 2 rings (SSSR count). The van der Waals surface area contributed by atoms with Crippen LogP contribution in [-0.4, -0.2) is 4.98 Å². The highest BCUT2D eigenvalue weighted by molar-refractivity contribution is 6.42. The Hall–Kier alpha value is -1.25. The van der Waals surface area contributed by atoms with E-state index in [0.29, 0.717) is 21.7 Å². The van der Waals surface area contributed by atoms with Gasteiger partial charge in [0, 0.05) is 12.3 Å². The van der Waals surface area contributed by atoms with E-state index in [1.165, 1.54) is 0 Å². The van der Waals surface area contributed by atoms with Crippen LogP contribution < -0.4 is 4.74 Å². The predicted octanol–water partition coefficient (Wildman–Crippen LogP) is 3.98. The van der Waals surface area contributed by atoms with Gasteiger partial charge in [-0.05, 0) is 24.3 Å². The topological polar surface area (TPSA) is 22.1 Å². The highest BCUT2D eigenvalue weighted by atomic mass is 35.5. The Labute approximate surface area is 97.4 Å². The number of pyridine rings is 1. The summed E-state index contributed by atoms with van der Waals surface area (Å²) in [6.07, 6.45) is 1.59. The summed E-state index contributed by atoms with van der Waals surface area (Å²) in [6, 6.07) is 11.3. The highest BCUT2D eigenvalue weighted by Gasteiger charge is 2.06. The number of rotatable bonds is 2. The van der Waals surface area contributed by atoms with E-state index in [4.69, 9.17) is 27.9 Å². The third kappa shape index (κ3) is 2.41. The fourth-order valence-corrected chi connectivity index (χ4v) is 1.37. The van der Waals surface area contributed by atoms with Gasteiger partial charge in [-0.2, -0.15) is 0 Å². The molecule has 0 saturated heterocycles. The smallest absolute Gasteiger partial charge is 0.219 e. The van der Waals surface area contributed by atoms with E-state index >= 15 is 0 Å². The summed E-state index contributed by atoms with van der Waals surface area (Å²) in [4.78, 5) is 3.99. The monoisotopic (exact) mass is 238 g/mol. The summed E-state index contributed by atoms with van der Waals surface area (Å²) >= 11 is 11.8. The van der Waals surface area contributed by atoms with Crippen LogP contribution in [0.2, 0.25) is 10.0 Å². The number of benzene rings is 1. The SMILES string of the molecule is Clc1cccc(Oc2c[c]ccn2)c1Cl. The molecule has 0 unspecified atom stereocenters. The van der Waals surface area contributed by atoms with Crippen molar-refractivity contribution in [1.29, 1.82) is 0 Å². The van der Waals surface area contributed by atoms with Crippen molar-refractivity contribution in [2.24, 2.45) is 0 Å². The third-order valence-electron chi connectivity index (χ3n) is 1.71. The standard InChI is InChI=1S/C11H6Cl2NO/c12-8-4-3-5-9(11(8)13)15-10-6-1-2-7-14-10/h2-7H. The number of hydrogen-bond donors (Lipinski definition) is 0. The van der Waals surface area contributed by atoms with Crippen LogP contribution >= 0.6 is 23.2 Å². The molecule has 0 spiro atoms. The van der Waals surface area contributed by atoms with Crippen LogP contribution in [0.1, 0.15) is 0 Å². The largest absolute Gasteiger partial charge is 0.437 e. The Morgan fingerprint density at radius 1 is 1.27 bits per heavy atom. The molecule has 1 heterocycles. The first-order valence-electron chi connectivity index (χ1n) is 4.21. The highest BCUT2D eigenvalue weighted by Crippen LogP contribution is 2.33. The van der Waals surface area contributed by atoms with E-state index < -0.39 is 0 Å². The van der Waals surface area contributed by atoms with Crippen molar-refractivity contribution in [3.63, 3.8) is 0 Å². The van der Waals surface area contributed by atoms with Crippen LogP contribution in [0.4, 0.5) is 0 Å². The van der Waals surface area contributed by atoms with Gasteiger partial charge in [0.1, 0.15) is 10.8 Å². The van der Waals surface area contributed by atoms with Crippen molar-refractivity contribution in [2.75, 3.05) is 0 Å². The lowest BCUT2D eigenvalue weighted by Gasteiger charge is -2.06. The zero-order valence-electron chi connectivity index (χ0n) is 7.58. The van der Waals surface area contributed by atoms with Gasteiger partial charge < -0.3 is 4.74 Å². The molecule has 2 aromatic rings. The zero-order chi connectivity index (χ0) is 10.7. The lowest BCUT2D eigenvalue weighted by Crippen LogP contribution is -1.87. The minimum Gasteiger partial charge on any atom is -0.437 e. The molecule has 0 amide bonds. The molecule has 0 N–H and O–H groups in total. The molecule has 1 radical (unpaired) electrons. The van der Waals surface area contributed by atoms with E-state index in [0.717, 1.165) is 0 Å². The van der Waals surface area contributed by atoms with Crippen LogP contribution in [0.15, 0.2) is 36.5 Å². The van der Waals surface area contributed by atoms with Crippen LogP contribution in [-0.2, 0) is 0 Å². The van der Waals surface area contributed by atoms with E-state index in [9.17, 15) is 0 Å². The number of nitrogens with zero attached hydrogens (tertiary/aromatic N) is 1. The first-order chi connectivity index (χ1) is 7.27. The quantitative estimate of drug-likeness (QED) is 0.790. The van der Waals surface area contributed by atoms with Gasteiger partial charge in [0.2, 0.25) is 5.88 Å². The first-order valence-corrected chi connectivity index (χ1v) is 4.97. The number of halogens is 2. The number of hydrogen-bond acceptors (Lipinski definition) is 2. The minimum absolute atomic E-state index is 0.379. The molecule has 0 atom stereocenters. The third-order valence-corrected chi connectivity index (χ3v) is 2.51. The van der Waals surface area contributed by atoms with Crippen LogP contribution in [0, 0.1) is 6.07 Å². The normalized spacial score (nSPS) is 10.0. The maximum Gasteiger partial charge on any atom is 0.219 e. The molecular weight excluding hydrogens is 233 g/mol. The van der Waals surface area contributed by atoms with Gasteiger partial charge in [0.15, 0.2) is 0 Å². The van der Waals surface area contributed by atoms with Gasteiger partial charge in [-0.1, -0.05) is 29.3 Å². The molecule has 0 aliphatic heterocycles. The van der Waals surface area contributed by atoms with E-state index in [1.807, 2.05) is 0 Å². The second kappa shape index (κ2) is 4.51. The molecular formula is C11H6Cl2NO. The Kier molecular flexibility index (Phi) is 3.09. The van der Waals surface area contributed by atoms with Gasteiger partial charge in [0.25, 0.3) is 0 Å². The fourth-order valence-electron chi connectivity index (χ4n) is 1.04. The van der Waals surface area contributed by atoms with Gasteiger partial charge >= 0.3 is 0 Å². The maximum atomic E-state index is 5.95. The van der Waals surface area contributed by atoms with Gasteiger partial charge in [-0.15, -0.1) is 0 Å². The molecule has 0 bridgehead atoms. The second-order valence-corrected chi connectivity index (χ2v) is 3.53. The Morgan fingerprint density at radius 3 is 2.87 bits per heavy atom. The average molecular weight is 239 g/mol. The van der Waals surface area contributed by atoms with Crippen molar-refractivity contribution in [2.45, 2.75) is 0 Å². The maximum absolute atomic E-state index is 5.95. The van der Waals surface area contributed by atoms with Crippen molar-refractivity contribution >= 4 is 23.2 Å². The summed E-state index contributed by atoms with van der Waals surface area (Å²) in [6.45, 7) is 0. The van der Waals surface area contributed by atoms with E-state index in [2.05, 4.69) is 11.1 Å². The summed E-state index contributed by atoms with van der Waals surface area (Å²) in [5, 5.41) is 0.832. The Bertz CT molecular complexity index is 459. The molecule has 2 nitrogen and oxygen atoms in total. The molecule has 0 aliphatic rings. The lowest BCUT2D eigenvalue weighted by atomic mass is 10.3. The fraction of sp³-hybridized carbons (Fsp3) is 0. The molecule has 75 valence electrons. The molecule has 0 saturated carbocycles.